The Balaban J connectivity index is 0.000000321. The van der Waals surface area contributed by atoms with E-state index < -0.39 is 0 Å². The minimum absolute atomic E-state index is 0.0601. The SMILES string of the molecule is CCOCC(C)C(C)=O.POCc1ccccc1. The van der Waals surface area contributed by atoms with Gasteiger partial charge < -0.3 is 9.26 Å². The Kier molecular flexibility index (Phi) is 10.9. The molecule has 3 nitrogen and oxygen atoms in total. The predicted molar refractivity (Wildman–Crippen MR) is 77.3 cm³/mol. The number of carbonyl (C=O) groups is 1. The van der Waals surface area contributed by atoms with Crippen LogP contribution in [0.3, 0.4) is 0 Å². The molecule has 0 saturated heterocycles. The summed E-state index contributed by atoms with van der Waals surface area (Å²) >= 11 is 0. The highest BCUT2D eigenvalue weighted by Crippen LogP contribution is 2.01. The summed E-state index contributed by atoms with van der Waals surface area (Å²) in [4.78, 5) is 10.6. The van der Waals surface area contributed by atoms with Crippen LogP contribution in [0.2, 0.25) is 0 Å². The molecule has 0 radical (unpaired) electrons. The van der Waals surface area contributed by atoms with Crippen molar-refractivity contribution in [2.75, 3.05) is 13.2 Å². The lowest BCUT2D eigenvalue weighted by Gasteiger charge is -2.05. The van der Waals surface area contributed by atoms with Crippen LogP contribution >= 0.6 is 9.47 Å². The molecule has 1 aromatic rings. The zero-order valence-corrected chi connectivity index (χ0v) is 12.5. The van der Waals surface area contributed by atoms with Gasteiger partial charge in [-0.05, 0) is 19.4 Å². The third-order valence-corrected chi connectivity index (χ3v) is 2.53. The molecule has 0 saturated carbocycles. The van der Waals surface area contributed by atoms with E-state index in [1.54, 1.807) is 6.92 Å². The number of hydrogen-bond donors (Lipinski definition) is 0. The Bertz CT molecular complexity index is 314. The average molecular weight is 270 g/mol. The van der Waals surface area contributed by atoms with Gasteiger partial charge >= 0.3 is 0 Å². The summed E-state index contributed by atoms with van der Waals surface area (Å²) in [5, 5.41) is 0. The van der Waals surface area contributed by atoms with Crippen molar-refractivity contribution in [1.29, 1.82) is 0 Å². The molecule has 0 heterocycles. The van der Waals surface area contributed by atoms with Gasteiger partial charge in [0.2, 0.25) is 0 Å². The first-order valence-electron chi connectivity index (χ1n) is 6.05. The third-order valence-electron chi connectivity index (χ3n) is 2.36. The molecular formula is C14H23O3P. The van der Waals surface area contributed by atoms with Crippen LogP contribution < -0.4 is 0 Å². The van der Waals surface area contributed by atoms with Crippen molar-refractivity contribution in [3.8, 4) is 0 Å². The summed E-state index contributed by atoms with van der Waals surface area (Å²) in [5.41, 5.74) is 1.20. The van der Waals surface area contributed by atoms with Crippen LogP contribution in [-0.2, 0) is 20.7 Å². The highest BCUT2D eigenvalue weighted by Gasteiger charge is 2.05. The van der Waals surface area contributed by atoms with Gasteiger partial charge in [-0.25, -0.2) is 0 Å². The normalized spacial score (nSPS) is 11.3. The smallest absolute Gasteiger partial charge is 0.134 e. The van der Waals surface area contributed by atoms with E-state index in [1.165, 1.54) is 5.56 Å². The van der Waals surface area contributed by atoms with Crippen molar-refractivity contribution >= 4 is 15.2 Å². The minimum Gasteiger partial charge on any atom is -0.381 e. The van der Waals surface area contributed by atoms with Gasteiger partial charge in [0.15, 0.2) is 0 Å². The molecule has 0 fully saturated rings. The van der Waals surface area contributed by atoms with E-state index in [1.807, 2.05) is 44.2 Å². The maximum absolute atomic E-state index is 10.6. The zero-order valence-electron chi connectivity index (χ0n) is 11.4. The van der Waals surface area contributed by atoms with Gasteiger partial charge in [0, 0.05) is 22.0 Å². The largest absolute Gasteiger partial charge is 0.381 e. The van der Waals surface area contributed by atoms with Crippen molar-refractivity contribution in [2.24, 2.45) is 5.92 Å². The first-order chi connectivity index (χ1) is 8.61. The van der Waals surface area contributed by atoms with Crippen LogP contribution in [0.15, 0.2) is 30.3 Å². The Morgan fingerprint density at radius 2 is 1.94 bits per heavy atom. The van der Waals surface area contributed by atoms with Crippen molar-refractivity contribution < 1.29 is 14.1 Å². The number of ketones is 1. The topological polar surface area (TPSA) is 35.5 Å². The Labute approximate surface area is 112 Å². The van der Waals surface area contributed by atoms with Crippen LogP contribution in [0.4, 0.5) is 0 Å². The second-order valence-electron chi connectivity index (χ2n) is 3.97. The molecular weight excluding hydrogens is 247 g/mol. The quantitative estimate of drug-likeness (QED) is 0.744. The summed E-state index contributed by atoms with van der Waals surface area (Å²) in [7, 11) is 2.23. The summed E-state index contributed by atoms with van der Waals surface area (Å²) in [6.45, 7) is 7.31. The van der Waals surface area contributed by atoms with E-state index in [4.69, 9.17) is 9.26 Å². The van der Waals surface area contributed by atoms with Crippen LogP contribution in [0, 0.1) is 5.92 Å². The Hall–Kier alpha value is -0.760. The molecule has 0 aliphatic heterocycles. The number of hydrogen-bond acceptors (Lipinski definition) is 3. The second kappa shape index (κ2) is 11.3. The van der Waals surface area contributed by atoms with E-state index in [9.17, 15) is 4.79 Å². The fourth-order valence-corrected chi connectivity index (χ4v) is 1.27. The van der Waals surface area contributed by atoms with Gasteiger partial charge in [-0.15, -0.1) is 0 Å². The van der Waals surface area contributed by atoms with Gasteiger partial charge in [-0.2, -0.15) is 0 Å². The molecule has 18 heavy (non-hydrogen) atoms. The molecule has 4 heteroatoms. The molecule has 0 bridgehead atoms. The Morgan fingerprint density at radius 3 is 2.39 bits per heavy atom. The molecule has 2 atom stereocenters. The third kappa shape index (κ3) is 9.29. The summed E-state index contributed by atoms with van der Waals surface area (Å²) in [6, 6.07) is 10.1. The average Bonchev–Trinajstić information content (AvgIpc) is 2.38. The molecule has 0 N–H and O–H groups in total. The fourth-order valence-electron chi connectivity index (χ4n) is 1.08. The van der Waals surface area contributed by atoms with E-state index >= 15 is 0 Å². The molecule has 0 aliphatic rings. The van der Waals surface area contributed by atoms with Crippen molar-refractivity contribution in [3.05, 3.63) is 35.9 Å². The van der Waals surface area contributed by atoms with E-state index in [-0.39, 0.29) is 11.7 Å². The van der Waals surface area contributed by atoms with Crippen LogP contribution in [0.5, 0.6) is 0 Å². The van der Waals surface area contributed by atoms with Gasteiger partial charge in [-0.3, -0.25) is 4.79 Å². The number of Topliss-reactive ketones (excluding diaryl/α,β-unsaturated/α-hetero) is 1. The fraction of sp³-hybridized carbons (Fsp3) is 0.500. The number of rotatable bonds is 6. The molecule has 0 aromatic heterocycles. The molecule has 0 amide bonds. The van der Waals surface area contributed by atoms with Crippen molar-refractivity contribution in [1.82, 2.24) is 0 Å². The van der Waals surface area contributed by atoms with E-state index in [0.29, 0.717) is 19.8 Å². The molecule has 102 valence electrons. The van der Waals surface area contributed by atoms with Gasteiger partial charge in [0.05, 0.1) is 13.2 Å². The van der Waals surface area contributed by atoms with Gasteiger partial charge in [0.25, 0.3) is 0 Å². The zero-order chi connectivity index (χ0) is 13.8. The monoisotopic (exact) mass is 270 g/mol. The maximum atomic E-state index is 10.6. The number of ether oxygens (including phenoxy) is 1. The van der Waals surface area contributed by atoms with Gasteiger partial charge in [-0.1, -0.05) is 37.3 Å². The molecule has 0 spiro atoms. The summed E-state index contributed by atoms with van der Waals surface area (Å²) < 4.78 is 9.88. The minimum atomic E-state index is 0.0601. The summed E-state index contributed by atoms with van der Waals surface area (Å²) in [5.74, 6) is 0.258. The molecule has 1 aromatic carbocycles. The van der Waals surface area contributed by atoms with Crippen LogP contribution in [0.25, 0.3) is 0 Å². The molecule has 0 aliphatic carbocycles. The predicted octanol–water partition coefficient (Wildman–Crippen LogP) is 3.24. The lowest BCUT2D eigenvalue weighted by atomic mass is 10.1. The van der Waals surface area contributed by atoms with Crippen molar-refractivity contribution in [3.63, 3.8) is 0 Å². The lowest BCUT2D eigenvalue weighted by Crippen LogP contribution is -2.13. The van der Waals surface area contributed by atoms with Crippen LogP contribution in [-0.4, -0.2) is 19.0 Å². The lowest BCUT2D eigenvalue weighted by molar-refractivity contribution is -0.121. The molecule has 2 unspecified atom stereocenters. The highest BCUT2D eigenvalue weighted by molar-refractivity contribution is 7.09. The van der Waals surface area contributed by atoms with Crippen LogP contribution in [0.1, 0.15) is 26.3 Å². The molecule has 1 rings (SSSR count). The maximum Gasteiger partial charge on any atom is 0.134 e. The number of benzene rings is 1. The first kappa shape index (κ1) is 17.2. The Morgan fingerprint density at radius 1 is 1.33 bits per heavy atom. The van der Waals surface area contributed by atoms with Gasteiger partial charge in [0.1, 0.15) is 5.78 Å². The second-order valence-corrected chi connectivity index (χ2v) is 4.30. The van der Waals surface area contributed by atoms with E-state index in [2.05, 4.69) is 9.47 Å². The highest BCUT2D eigenvalue weighted by atomic mass is 31.0. The van der Waals surface area contributed by atoms with Crippen molar-refractivity contribution in [2.45, 2.75) is 27.4 Å². The van der Waals surface area contributed by atoms with E-state index in [0.717, 1.165) is 0 Å². The number of carbonyl (C=O) groups excluding carboxylic acids is 1. The first-order valence-corrected chi connectivity index (χ1v) is 6.52. The standard InChI is InChI=1S/C7H14O2.C7H9OP/c1-4-9-5-6(2)7(3)8;9-8-6-7-4-2-1-3-5-7/h6H,4-5H2,1-3H3;1-5H,6,9H2. The summed E-state index contributed by atoms with van der Waals surface area (Å²) in [6.07, 6.45) is 0.